The lowest BCUT2D eigenvalue weighted by atomic mass is 9.74. The zero-order valence-corrected chi connectivity index (χ0v) is 11.3. The first-order valence-corrected chi connectivity index (χ1v) is 5.68. The van der Waals surface area contributed by atoms with Gasteiger partial charge >= 0.3 is 0 Å². The molecule has 0 spiro atoms. The normalized spacial score (nSPS) is 28.2. The first kappa shape index (κ1) is 13.4. The fraction of sp³-hybridized carbons (Fsp3) is 0.846. The second-order valence-corrected chi connectivity index (χ2v) is 6.63. The van der Waals surface area contributed by atoms with Gasteiger partial charge in [0, 0.05) is 5.41 Å². The Labute approximate surface area is 97.5 Å². The summed E-state index contributed by atoms with van der Waals surface area (Å²) in [7, 11) is 0. The minimum Gasteiger partial charge on any atom is -0.361 e. The molecule has 1 aliphatic heterocycles. The van der Waals surface area contributed by atoms with Gasteiger partial charge in [0.25, 0.3) is 0 Å². The highest BCUT2D eigenvalue weighted by Crippen LogP contribution is 2.42. The molecule has 0 saturated carbocycles. The molecule has 1 rings (SSSR count). The van der Waals surface area contributed by atoms with E-state index in [4.69, 9.17) is 4.74 Å². The third kappa shape index (κ3) is 2.05. The Bertz CT molecular complexity index is 332. The highest BCUT2D eigenvalue weighted by Gasteiger charge is 2.57. The molecule has 0 bridgehead atoms. The van der Waals surface area contributed by atoms with Crippen LogP contribution in [0.5, 0.6) is 0 Å². The molecule has 1 atom stereocenters. The monoisotopic (exact) mass is 226 g/mol. The van der Waals surface area contributed by atoms with E-state index in [1.807, 2.05) is 34.6 Å². The Morgan fingerprint density at radius 2 is 1.62 bits per heavy atom. The van der Waals surface area contributed by atoms with Gasteiger partial charge in [-0.05, 0) is 27.7 Å². The minimum atomic E-state index is -0.852. The SMILES string of the molecule is CC(C)(C)C(=O)C1C(=O)C(C)(C)OC1(C)C. The number of hydrogen-bond donors (Lipinski definition) is 0. The quantitative estimate of drug-likeness (QED) is 0.645. The lowest BCUT2D eigenvalue weighted by Crippen LogP contribution is -2.42. The van der Waals surface area contributed by atoms with Gasteiger partial charge in [0.15, 0.2) is 11.6 Å². The van der Waals surface area contributed by atoms with Gasteiger partial charge in [-0.1, -0.05) is 20.8 Å². The van der Waals surface area contributed by atoms with Crippen molar-refractivity contribution < 1.29 is 14.3 Å². The van der Waals surface area contributed by atoms with E-state index in [1.165, 1.54) is 0 Å². The largest absolute Gasteiger partial charge is 0.361 e. The summed E-state index contributed by atoms with van der Waals surface area (Å²) in [6, 6.07) is 0. The number of carbonyl (C=O) groups is 2. The van der Waals surface area contributed by atoms with E-state index in [1.54, 1.807) is 13.8 Å². The minimum absolute atomic E-state index is 0.0342. The molecule has 0 aliphatic carbocycles. The molecule has 1 unspecified atom stereocenters. The summed E-state index contributed by atoms with van der Waals surface area (Å²) in [6.07, 6.45) is 0. The van der Waals surface area contributed by atoms with E-state index in [9.17, 15) is 9.59 Å². The molecule has 0 aromatic heterocycles. The first-order valence-electron chi connectivity index (χ1n) is 5.68. The molecule has 0 aromatic rings. The predicted molar refractivity (Wildman–Crippen MR) is 62.2 cm³/mol. The van der Waals surface area contributed by atoms with Crippen molar-refractivity contribution in [2.75, 3.05) is 0 Å². The van der Waals surface area contributed by atoms with Crippen LogP contribution < -0.4 is 0 Å². The van der Waals surface area contributed by atoms with Gasteiger partial charge in [-0.25, -0.2) is 0 Å². The van der Waals surface area contributed by atoms with Crippen LogP contribution in [0, 0.1) is 11.3 Å². The third-order valence-electron chi connectivity index (χ3n) is 3.07. The van der Waals surface area contributed by atoms with Gasteiger partial charge in [-0.15, -0.1) is 0 Å². The van der Waals surface area contributed by atoms with Crippen molar-refractivity contribution >= 4 is 11.6 Å². The van der Waals surface area contributed by atoms with E-state index >= 15 is 0 Å². The number of ether oxygens (including phenoxy) is 1. The van der Waals surface area contributed by atoms with Gasteiger partial charge in [-0.2, -0.15) is 0 Å². The maximum atomic E-state index is 12.3. The third-order valence-corrected chi connectivity index (χ3v) is 3.07. The van der Waals surface area contributed by atoms with Gasteiger partial charge < -0.3 is 4.74 Å². The van der Waals surface area contributed by atoms with Crippen LogP contribution in [-0.2, 0) is 14.3 Å². The fourth-order valence-corrected chi connectivity index (χ4v) is 2.30. The van der Waals surface area contributed by atoms with Crippen LogP contribution in [0.3, 0.4) is 0 Å². The Morgan fingerprint density at radius 3 is 1.88 bits per heavy atom. The maximum absolute atomic E-state index is 12.3. The average Bonchev–Trinajstić information content (AvgIpc) is 2.13. The molecule has 1 aliphatic rings. The zero-order chi connectivity index (χ0) is 12.9. The van der Waals surface area contributed by atoms with Gasteiger partial charge in [-0.3, -0.25) is 9.59 Å². The Kier molecular flexibility index (Phi) is 2.84. The van der Waals surface area contributed by atoms with Crippen LogP contribution in [0.2, 0.25) is 0 Å². The zero-order valence-electron chi connectivity index (χ0n) is 11.3. The predicted octanol–water partition coefficient (Wildman–Crippen LogP) is 2.37. The van der Waals surface area contributed by atoms with Crippen LogP contribution >= 0.6 is 0 Å². The maximum Gasteiger partial charge on any atom is 0.177 e. The van der Waals surface area contributed by atoms with Gasteiger partial charge in [0.05, 0.1) is 5.60 Å². The molecule has 0 aromatic carbocycles. The number of carbonyl (C=O) groups excluding carboxylic acids is 2. The number of Topliss-reactive ketones (excluding diaryl/α,β-unsaturated/α-hetero) is 2. The highest BCUT2D eigenvalue weighted by molar-refractivity contribution is 6.10. The Balaban J connectivity index is 3.15. The van der Waals surface area contributed by atoms with E-state index in [2.05, 4.69) is 0 Å². The van der Waals surface area contributed by atoms with Gasteiger partial charge in [0.1, 0.15) is 11.5 Å². The molecule has 0 N–H and O–H groups in total. The molecule has 92 valence electrons. The van der Waals surface area contributed by atoms with Crippen molar-refractivity contribution in [3.8, 4) is 0 Å². The Hall–Kier alpha value is -0.700. The molecule has 3 heteroatoms. The van der Waals surface area contributed by atoms with Crippen molar-refractivity contribution in [2.24, 2.45) is 11.3 Å². The highest BCUT2D eigenvalue weighted by atomic mass is 16.5. The standard InChI is InChI=1S/C13H22O3/c1-11(2,3)9(14)8-10(15)13(6,7)16-12(8,4)5/h8H,1-7H3. The molecule has 0 amide bonds. The lowest BCUT2D eigenvalue weighted by Gasteiger charge is -2.28. The van der Waals surface area contributed by atoms with E-state index < -0.39 is 22.5 Å². The average molecular weight is 226 g/mol. The van der Waals surface area contributed by atoms with E-state index in [0.29, 0.717) is 0 Å². The molecule has 1 saturated heterocycles. The molecule has 3 nitrogen and oxygen atoms in total. The molecule has 1 fully saturated rings. The fourth-order valence-electron chi connectivity index (χ4n) is 2.30. The summed E-state index contributed by atoms with van der Waals surface area (Å²) in [4.78, 5) is 24.5. The Morgan fingerprint density at radius 1 is 1.19 bits per heavy atom. The number of rotatable bonds is 1. The van der Waals surface area contributed by atoms with Crippen molar-refractivity contribution in [3.63, 3.8) is 0 Å². The second-order valence-electron chi connectivity index (χ2n) is 6.63. The van der Waals surface area contributed by atoms with Crippen molar-refractivity contribution in [2.45, 2.75) is 59.7 Å². The summed E-state index contributed by atoms with van der Waals surface area (Å²) >= 11 is 0. The van der Waals surface area contributed by atoms with Crippen LogP contribution in [0.1, 0.15) is 48.5 Å². The number of hydrogen-bond acceptors (Lipinski definition) is 3. The smallest absolute Gasteiger partial charge is 0.177 e. The van der Waals surface area contributed by atoms with Crippen molar-refractivity contribution in [3.05, 3.63) is 0 Å². The summed E-state index contributed by atoms with van der Waals surface area (Å²) in [5.74, 6) is -0.784. The topological polar surface area (TPSA) is 43.4 Å². The van der Waals surface area contributed by atoms with Crippen molar-refractivity contribution in [1.29, 1.82) is 0 Å². The lowest BCUT2D eigenvalue weighted by molar-refractivity contribution is -0.138. The molecular weight excluding hydrogens is 204 g/mol. The van der Waals surface area contributed by atoms with Crippen LogP contribution in [0.25, 0.3) is 0 Å². The van der Waals surface area contributed by atoms with Gasteiger partial charge in [0.2, 0.25) is 0 Å². The molecule has 1 heterocycles. The van der Waals surface area contributed by atoms with Crippen LogP contribution in [0.4, 0.5) is 0 Å². The molecular formula is C13H22O3. The van der Waals surface area contributed by atoms with Crippen molar-refractivity contribution in [1.82, 2.24) is 0 Å². The van der Waals surface area contributed by atoms with E-state index in [0.717, 1.165) is 0 Å². The first-order chi connectivity index (χ1) is 6.89. The number of ketones is 2. The summed E-state index contributed by atoms with van der Waals surface area (Å²) in [5.41, 5.74) is -2.07. The van der Waals surface area contributed by atoms with Crippen LogP contribution in [-0.4, -0.2) is 22.8 Å². The summed E-state index contributed by atoms with van der Waals surface area (Å²) < 4.78 is 5.71. The molecule has 16 heavy (non-hydrogen) atoms. The summed E-state index contributed by atoms with van der Waals surface area (Å²) in [6.45, 7) is 12.6. The molecule has 0 radical (unpaired) electrons. The second kappa shape index (κ2) is 3.39. The summed E-state index contributed by atoms with van der Waals surface area (Å²) in [5, 5.41) is 0. The van der Waals surface area contributed by atoms with E-state index in [-0.39, 0.29) is 11.6 Å². The van der Waals surface area contributed by atoms with Crippen LogP contribution in [0.15, 0.2) is 0 Å².